The maximum Gasteiger partial charge on any atom is 0.238 e. The lowest BCUT2D eigenvalue weighted by molar-refractivity contribution is -0.117. The van der Waals surface area contributed by atoms with Gasteiger partial charge in [-0.05, 0) is 57.0 Å². The third-order valence-corrected chi connectivity index (χ3v) is 5.40. The number of halogens is 2. The molecule has 1 aliphatic rings. The minimum atomic E-state index is -0.0257. The number of anilines is 1. The van der Waals surface area contributed by atoms with E-state index in [0.29, 0.717) is 28.2 Å². The third kappa shape index (κ3) is 4.97. The summed E-state index contributed by atoms with van der Waals surface area (Å²) in [7, 11) is 0. The molecule has 1 saturated heterocycles. The van der Waals surface area contributed by atoms with Crippen molar-refractivity contribution in [2.24, 2.45) is 5.92 Å². The maximum absolute atomic E-state index is 12.2. The molecule has 0 radical (unpaired) electrons. The van der Waals surface area contributed by atoms with Crippen molar-refractivity contribution in [1.82, 2.24) is 14.5 Å². The van der Waals surface area contributed by atoms with E-state index in [4.69, 9.17) is 23.2 Å². The number of nitrogens with zero attached hydrogens (tertiary/aromatic N) is 3. The van der Waals surface area contributed by atoms with Crippen LogP contribution in [0.5, 0.6) is 0 Å². The van der Waals surface area contributed by atoms with Crippen LogP contribution in [0.2, 0.25) is 10.0 Å². The van der Waals surface area contributed by atoms with E-state index in [1.807, 2.05) is 19.3 Å². The Morgan fingerprint density at radius 1 is 1.28 bits per heavy atom. The van der Waals surface area contributed by atoms with Gasteiger partial charge in [-0.1, -0.05) is 23.2 Å². The van der Waals surface area contributed by atoms with E-state index in [-0.39, 0.29) is 5.91 Å². The minimum Gasteiger partial charge on any atom is -0.335 e. The zero-order valence-corrected chi connectivity index (χ0v) is 15.7. The Bertz CT molecular complexity index is 738. The fraction of sp³-hybridized carbons (Fsp3) is 0.444. The number of nitrogens with one attached hydrogen (secondary N) is 1. The Morgan fingerprint density at radius 3 is 2.68 bits per heavy atom. The van der Waals surface area contributed by atoms with Gasteiger partial charge in [-0.25, -0.2) is 4.98 Å². The highest BCUT2D eigenvalue weighted by molar-refractivity contribution is 6.42. The molecule has 0 aliphatic carbocycles. The quantitative estimate of drug-likeness (QED) is 0.856. The molecular formula is C18H22Cl2N4O. The summed E-state index contributed by atoms with van der Waals surface area (Å²) >= 11 is 11.9. The molecule has 2 heterocycles. The minimum absolute atomic E-state index is 0.0257. The van der Waals surface area contributed by atoms with Crippen LogP contribution >= 0.6 is 23.2 Å². The van der Waals surface area contributed by atoms with E-state index in [9.17, 15) is 4.79 Å². The van der Waals surface area contributed by atoms with Crippen LogP contribution in [0.4, 0.5) is 5.69 Å². The number of aromatic nitrogens is 2. The Hall–Kier alpha value is -1.56. The molecular weight excluding hydrogens is 359 g/mol. The number of hydrogen-bond acceptors (Lipinski definition) is 3. The molecule has 0 atom stereocenters. The first-order valence-corrected chi connectivity index (χ1v) is 9.22. The molecule has 25 heavy (non-hydrogen) atoms. The average Bonchev–Trinajstić information content (AvgIpc) is 2.98. The molecule has 0 saturated carbocycles. The highest BCUT2D eigenvalue weighted by atomic mass is 35.5. The molecule has 2 aromatic rings. The van der Waals surface area contributed by atoms with Crippen LogP contribution < -0.4 is 5.32 Å². The lowest BCUT2D eigenvalue weighted by atomic mass is 9.96. The zero-order chi connectivity index (χ0) is 17.8. The van der Waals surface area contributed by atoms with Gasteiger partial charge in [-0.3, -0.25) is 9.69 Å². The van der Waals surface area contributed by atoms with E-state index < -0.39 is 0 Å². The molecule has 1 fully saturated rings. The standard InChI is InChI=1S/C18H22Cl2N4O/c1-13-21-6-9-24(13)11-14-4-7-23(8-5-14)12-18(25)22-15-2-3-16(19)17(20)10-15/h2-3,6,9-10,14H,4-5,7-8,11-12H2,1H3,(H,22,25). The number of rotatable bonds is 5. The van der Waals surface area contributed by atoms with Gasteiger partial charge in [0.1, 0.15) is 5.82 Å². The SMILES string of the molecule is Cc1nccn1CC1CCN(CC(=O)Nc2ccc(Cl)c(Cl)c2)CC1. The Labute approximate surface area is 157 Å². The number of piperidine rings is 1. The zero-order valence-electron chi connectivity index (χ0n) is 14.2. The van der Waals surface area contributed by atoms with Gasteiger partial charge in [0.15, 0.2) is 0 Å². The van der Waals surface area contributed by atoms with Gasteiger partial charge >= 0.3 is 0 Å². The summed E-state index contributed by atoms with van der Waals surface area (Å²) in [5.41, 5.74) is 0.671. The van der Waals surface area contributed by atoms with Gasteiger partial charge in [0.05, 0.1) is 16.6 Å². The fourth-order valence-corrected chi connectivity index (χ4v) is 3.48. The van der Waals surface area contributed by atoms with E-state index in [0.717, 1.165) is 38.3 Å². The smallest absolute Gasteiger partial charge is 0.238 e. The summed E-state index contributed by atoms with van der Waals surface area (Å²) in [6, 6.07) is 5.11. The van der Waals surface area contributed by atoms with Crippen LogP contribution in [0, 0.1) is 12.8 Å². The molecule has 134 valence electrons. The van der Waals surface area contributed by atoms with Crippen molar-refractivity contribution in [3.8, 4) is 0 Å². The average molecular weight is 381 g/mol. The van der Waals surface area contributed by atoms with Gasteiger partial charge in [0.25, 0.3) is 0 Å². The van der Waals surface area contributed by atoms with Gasteiger partial charge < -0.3 is 9.88 Å². The van der Waals surface area contributed by atoms with E-state index >= 15 is 0 Å². The van der Waals surface area contributed by atoms with Crippen molar-refractivity contribution in [2.75, 3.05) is 25.0 Å². The second-order valence-corrected chi connectivity index (χ2v) is 7.34. The lowest BCUT2D eigenvalue weighted by Crippen LogP contribution is -2.40. The Kier molecular flexibility index (Phi) is 5.99. The highest BCUT2D eigenvalue weighted by Gasteiger charge is 2.21. The van der Waals surface area contributed by atoms with Crippen molar-refractivity contribution >= 4 is 34.8 Å². The summed E-state index contributed by atoms with van der Waals surface area (Å²) in [6.07, 6.45) is 6.07. The number of carbonyl (C=O) groups excluding carboxylic acids is 1. The molecule has 1 aromatic heterocycles. The summed E-state index contributed by atoms with van der Waals surface area (Å²) < 4.78 is 2.21. The predicted octanol–water partition coefficient (Wildman–Crippen LogP) is 3.85. The van der Waals surface area contributed by atoms with Crippen LogP contribution in [0.15, 0.2) is 30.6 Å². The van der Waals surface area contributed by atoms with Crippen molar-refractivity contribution in [2.45, 2.75) is 26.3 Å². The van der Waals surface area contributed by atoms with E-state index in [1.54, 1.807) is 18.2 Å². The van der Waals surface area contributed by atoms with Gasteiger partial charge in [-0.15, -0.1) is 0 Å². The van der Waals surface area contributed by atoms with Crippen molar-refractivity contribution in [3.63, 3.8) is 0 Å². The summed E-state index contributed by atoms with van der Waals surface area (Å²) in [5, 5.41) is 3.80. The number of imidazole rings is 1. The van der Waals surface area contributed by atoms with Crippen molar-refractivity contribution in [1.29, 1.82) is 0 Å². The molecule has 5 nitrogen and oxygen atoms in total. The number of amides is 1. The van der Waals surface area contributed by atoms with Gasteiger partial charge in [-0.2, -0.15) is 0 Å². The topological polar surface area (TPSA) is 50.2 Å². The van der Waals surface area contributed by atoms with E-state index in [1.165, 1.54) is 0 Å². The fourth-order valence-electron chi connectivity index (χ4n) is 3.18. The Balaban J connectivity index is 1.44. The van der Waals surface area contributed by atoms with Crippen molar-refractivity contribution < 1.29 is 4.79 Å². The van der Waals surface area contributed by atoms with Gasteiger partial charge in [0.2, 0.25) is 5.91 Å². The molecule has 0 unspecified atom stereocenters. The molecule has 3 rings (SSSR count). The molecule has 1 aromatic carbocycles. The molecule has 1 aliphatic heterocycles. The molecule has 0 spiro atoms. The highest BCUT2D eigenvalue weighted by Crippen LogP contribution is 2.25. The summed E-state index contributed by atoms with van der Waals surface area (Å²) in [5.74, 6) is 1.67. The predicted molar refractivity (Wildman–Crippen MR) is 101 cm³/mol. The van der Waals surface area contributed by atoms with E-state index in [2.05, 4.69) is 19.8 Å². The molecule has 1 amide bonds. The van der Waals surface area contributed by atoms with Crippen LogP contribution in [-0.4, -0.2) is 40.0 Å². The largest absolute Gasteiger partial charge is 0.335 e. The van der Waals surface area contributed by atoms with Crippen LogP contribution in [0.1, 0.15) is 18.7 Å². The summed E-state index contributed by atoms with van der Waals surface area (Å²) in [4.78, 5) is 18.7. The first kappa shape index (κ1) is 18.2. The Morgan fingerprint density at radius 2 is 2.04 bits per heavy atom. The molecule has 7 heteroatoms. The van der Waals surface area contributed by atoms with Crippen LogP contribution in [0.3, 0.4) is 0 Å². The molecule has 0 bridgehead atoms. The number of likely N-dealkylation sites (tertiary alicyclic amines) is 1. The maximum atomic E-state index is 12.2. The lowest BCUT2D eigenvalue weighted by Gasteiger charge is -2.31. The second-order valence-electron chi connectivity index (χ2n) is 6.52. The third-order valence-electron chi connectivity index (χ3n) is 4.66. The normalized spacial score (nSPS) is 16.1. The summed E-state index contributed by atoms with van der Waals surface area (Å²) in [6.45, 7) is 5.31. The first-order valence-electron chi connectivity index (χ1n) is 8.46. The monoisotopic (exact) mass is 380 g/mol. The first-order chi connectivity index (χ1) is 12.0. The second kappa shape index (κ2) is 8.21. The van der Waals surface area contributed by atoms with Gasteiger partial charge in [0, 0.05) is 24.6 Å². The van der Waals surface area contributed by atoms with Crippen molar-refractivity contribution in [3.05, 3.63) is 46.5 Å². The molecule has 1 N–H and O–H groups in total. The number of hydrogen-bond donors (Lipinski definition) is 1. The van der Waals surface area contributed by atoms with Crippen LogP contribution in [0.25, 0.3) is 0 Å². The number of benzene rings is 1. The number of carbonyl (C=O) groups is 1. The van der Waals surface area contributed by atoms with Crippen LogP contribution in [-0.2, 0) is 11.3 Å². The number of aryl methyl sites for hydroxylation is 1.